The van der Waals surface area contributed by atoms with Gasteiger partial charge in [0.15, 0.2) is 0 Å². The molecule has 1 amide bonds. The number of fused-ring (bicyclic) bond motifs is 3. The number of amides is 1. The molecule has 1 N–H and O–H groups in total. The first-order valence-corrected chi connectivity index (χ1v) is 8.90. The Kier molecular flexibility index (Phi) is 3.94. The van der Waals surface area contributed by atoms with Crippen LogP contribution < -0.4 is 5.56 Å². The average molecular weight is 341 g/mol. The normalized spacial score (nSPS) is 21.9. The number of carbonyl (C=O) groups excluding carboxylic acids is 1. The second-order valence-corrected chi connectivity index (χ2v) is 7.20. The molecule has 1 fully saturated rings. The van der Waals surface area contributed by atoms with Crippen LogP contribution in [0.5, 0.6) is 0 Å². The summed E-state index contributed by atoms with van der Waals surface area (Å²) >= 11 is 0. The second-order valence-electron chi connectivity index (χ2n) is 7.20. The lowest BCUT2D eigenvalue weighted by Crippen LogP contribution is -2.42. The van der Waals surface area contributed by atoms with Crippen molar-refractivity contribution in [3.63, 3.8) is 0 Å². The number of nitrogens with zero attached hydrogens (tertiary/aromatic N) is 4. The highest BCUT2D eigenvalue weighted by Crippen LogP contribution is 2.33. The third kappa shape index (κ3) is 2.99. The molecule has 0 spiro atoms. The summed E-state index contributed by atoms with van der Waals surface area (Å²) in [6.07, 6.45) is 7.44. The number of hydrogen-bond acceptors (Lipinski definition) is 4. The van der Waals surface area contributed by atoms with Gasteiger partial charge in [-0.25, -0.2) is 4.98 Å². The molecule has 7 nitrogen and oxygen atoms in total. The van der Waals surface area contributed by atoms with Gasteiger partial charge in [-0.1, -0.05) is 0 Å². The maximum Gasteiger partial charge on any atom is 0.254 e. The molecule has 0 saturated carbocycles. The van der Waals surface area contributed by atoms with E-state index < -0.39 is 0 Å². The van der Waals surface area contributed by atoms with E-state index in [1.807, 2.05) is 22.7 Å². The average Bonchev–Trinajstić information content (AvgIpc) is 3.09. The van der Waals surface area contributed by atoms with Gasteiger partial charge in [0.25, 0.3) is 5.56 Å². The third-order valence-corrected chi connectivity index (χ3v) is 5.31. The Morgan fingerprint density at radius 1 is 1.28 bits per heavy atom. The molecule has 2 atom stereocenters. The molecule has 2 aromatic heterocycles. The predicted octanol–water partition coefficient (Wildman–Crippen LogP) is 1.13. The zero-order chi connectivity index (χ0) is 17.6. The fraction of sp³-hybridized carbons (Fsp3) is 0.556. The van der Waals surface area contributed by atoms with Crippen LogP contribution in [0.15, 0.2) is 17.2 Å². The number of hydrogen-bond donors (Lipinski definition) is 1. The highest BCUT2D eigenvalue weighted by molar-refractivity contribution is 5.77. The smallest absolute Gasteiger partial charge is 0.254 e. The first-order chi connectivity index (χ1) is 12.0. The quantitative estimate of drug-likeness (QED) is 0.907. The van der Waals surface area contributed by atoms with Gasteiger partial charge < -0.3 is 9.88 Å². The SMILES string of the molecule is Cc1cnn(CCC(=O)N2[C@@H]3CC[C@H]2Cc2nc(C)[nH]c(=O)c2C3)c1. The summed E-state index contributed by atoms with van der Waals surface area (Å²) in [4.78, 5) is 34.5. The lowest BCUT2D eigenvalue weighted by atomic mass is 9.98. The summed E-state index contributed by atoms with van der Waals surface area (Å²) in [5.74, 6) is 0.801. The van der Waals surface area contributed by atoms with Gasteiger partial charge >= 0.3 is 0 Å². The standard InChI is InChI=1S/C18H23N5O2/c1-11-9-19-22(10-11)6-5-17(24)23-13-3-4-14(23)8-16-15(7-13)18(25)21-12(2)20-16/h9-10,13-14H,3-8H2,1-2H3,(H,20,21,25)/t13-,14+/m1/s1. The van der Waals surface area contributed by atoms with Gasteiger partial charge in [0, 0.05) is 49.7 Å². The highest BCUT2D eigenvalue weighted by atomic mass is 16.2. The second kappa shape index (κ2) is 6.13. The molecule has 132 valence electrons. The van der Waals surface area contributed by atoms with Crippen LogP contribution in [0.25, 0.3) is 0 Å². The lowest BCUT2D eigenvalue weighted by molar-refractivity contribution is -0.134. The number of rotatable bonds is 3. The van der Waals surface area contributed by atoms with Gasteiger partial charge in [-0.05, 0) is 32.3 Å². The van der Waals surface area contributed by atoms with Crippen LogP contribution in [0, 0.1) is 13.8 Å². The number of nitrogens with one attached hydrogen (secondary N) is 1. The fourth-order valence-electron chi connectivity index (χ4n) is 4.20. The fourth-order valence-corrected chi connectivity index (χ4v) is 4.20. The molecular formula is C18H23N5O2. The van der Waals surface area contributed by atoms with Crippen molar-refractivity contribution in [3.8, 4) is 0 Å². The van der Waals surface area contributed by atoms with Gasteiger partial charge in [-0.3, -0.25) is 14.3 Å². The minimum absolute atomic E-state index is 0.0468. The van der Waals surface area contributed by atoms with Crippen molar-refractivity contribution in [2.75, 3.05) is 0 Å². The lowest BCUT2D eigenvalue weighted by Gasteiger charge is -2.28. The van der Waals surface area contributed by atoms with Crippen LogP contribution in [0.4, 0.5) is 0 Å². The van der Waals surface area contributed by atoms with Crippen molar-refractivity contribution in [3.05, 3.63) is 45.4 Å². The Morgan fingerprint density at radius 2 is 2.04 bits per heavy atom. The number of aryl methyl sites for hydroxylation is 3. The molecule has 4 heterocycles. The molecular weight excluding hydrogens is 318 g/mol. The van der Waals surface area contributed by atoms with E-state index in [2.05, 4.69) is 15.1 Å². The predicted molar refractivity (Wildman–Crippen MR) is 92.2 cm³/mol. The van der Waals surface area contributed by atoms with Crippen molar-refractivity contribution in [2.45, 2.75) is 64.6 Å². The number of carbonyl (C=O) groups is 1. The minimum Gasteiger partial charge on any atom is -0.336 e. The first-order valence-electron chi connectivity index (χ1n) is 8.90. The summed E-state index contributed by atoms with van der Waals surface area (Å²) in [6.45, 7) is 4.39. The maximum atomic E-state index is 12.9. The molecule has 0 aliphatic carbocycles. The zero-order valence-electron chi connectivity index (χ0n) is 14.7. The number of H-pyrrole nitrogens is 1. The topological polar surface area (TPSA) is 83.9 Å². The molecule has 2 aliphatic rings. The van der Waals surface area contributed by atoms with Crippen molar-refractivity contribution in [1.29, 1.82) is 0 Å². The van der Waals surface area contributed by atoms with Gasteiger partial charge in [-0.15, -0.1) is 0 Å². The van der Waals surface area contributed by atoms with Crippen LogP contribution >= 0.6 is 0 Å². The summed E-state index contributed by atoms with van der Waals surface area (Å²) in [6, 6.07) is 0.274. The van der Waals surface area contributed by atoms with Gasteiger partial charge in [0.05, 0.1) is 11.9 Å². The van der Waals surface area contributed by atoms with Crippen molar-refractivity contribution < 1.29 is 4.79 Å². The minimum atomic E-state index is -0.0468. The van der Waals surface area contributed by atoms with Gasteiger partial charge in [-0.2, -0.15) is 5.10 Å². The van der Waals surface area contributed by atoms with Crippen molar-refractivity contribution >= 4 is 5.91 Å². The summed E-state index contributed by atoms with van der Waals surface area (Å²) in [5, 5.41) is 4.25. The van der Waals surface area contributed by atoms with E-state index in [0.717, 1.165) is 29.7 Å². The van der Waals surface area contributed by atoms with Gasteiger partial charge in [0.1, 0.15) is 5.82 Å². The molecule has 7 heteroatoms. The van der Waals surface area contributed by atoms with Crippen LogP contribution in [0.2, 0.25) is 0 Å². The Balaban J connectivity index is 1.53. The molecule has 1 saturated heterocycles. The number of aromatic amines is 1. The van der Waals surface area contributed by atoms with Crippen LogP contribution in [-0.2, 0) is 24.2 Å². The van der Waals surface area contributed by atoms with Crippen molar-refractivity contribution in [1.82, 2.24) is 24.6 Å². The van der Waals surface area contributed by atoms with E-state index in [1.54, 1.807) is 13.1 Å². The van der Waals surface area contributed by atoms with Crippen LogP contribution in [-0.4, -0.2) is 42.6 Å². The molecule has 0 radical (unpaired) electrons. The Morgan fingerprint density at radius 3 is 2.76 bits per heavy atom. The van der Waals surface area contributed by atoms with E-state index in [-0.39, 0.29) is 23.6 Å². The highest BCUT2D eigenvalue weighted by Gasteiger charge is 2.40. The zero-order valence-corrected chi connectivity index (χ0v) is 14.7. The molecule has 2 bridgehead atoms. The summed E-state index contributed by atoms with van der Waals surface area (Å²) < 4.78 is 1.82. The van der Waals surface area contributed by atoms with E-state index in [0.29, 0.717) is 31.6 Å². The largest absolute Gasteiger partial charge is 0.336 e. The van der Waals surface area contributed by atoms with E-state index in [9.17, 15) is 9.59 Å². The van der Waals surface area contributed by atoms with E-state index >= 15 is 0 Å². The molecule has 0 aromatic carbocycles. The molecule has 2 aliphatic heterocycles. The van der Waals surface area contributed by atoms with E-state index in [1.165, 1.54) is 0 Å². The van der Waals surface area contributed by atoms with Crippen molar-refractivity contribution in [2.24, 2.45) is 0 Å². The Hall–Kier alpha value is -2.44. The maximum absolute atomic E-state index is 12.9. The number of aromatic nitrogens is 4. The third-order valence-electron chi connectivity index (χ3n) is 5.31. The van der Waals surface area contributed by atoms with Crippen LogP contribution in [0.1, 0.15) is 41.9 Å². The first kappa shape index (κ1) is 16.1. The Labute approximate surface area is 146 Å². The molecule has 2 aromatic rings. The molecule has 4 rings (SSSR count). The van der Waals surface area contributed by atoms with Gasteiger partial charge in [0.2, 0.25) is 5.91 Å². The summed E-state index contributed by atoms with van der Waals surface area (Å²) in [7, 11) is 0. The Bertz CT molecular complexity index is 869. The van der Waals surface area contributed by atoms with E-state index in [4.69, 9.17) is 0 Å². The van der Waals surface area contributed by atoms with Crippen LogP contribution in [0.3, 0.4) is 0 Å². The summed E-state index contributed by atoms with van der Waals surface area (Å²) in [5.41, 5.74) is 2.68. The molecule has 0 unspecified atom stereocenters. The molecule has 25 heavy (non-hydrogen) atoms. The monoisotopic (exact) mass is 341 g/mol.